The largest absolute Gasteiger partial charge is 0.369 e. The summed E-state index contributed by atoms with van der Waals surface area (Å²) in [5.41, 5.74) is 6.06. The second-order valence-electron chi connectivity index (χ2n) is 4.79. The first kappa shape index (κ1) is 17.7. The lowest BCUT2D eigenvalue weighted by Crippen LogP contribution is -2.31. The van der Waals surface area contributed by atoms with Crippen LogP contribution in [-0.4, -0.2) is 48.9 Å². The molecule has 0 aliphatic heterocycles. The molecule has 0 aliphatic carbocycles. The molecule has 0 aliphatic rings. The van der Waals surface area contributed by atoms with Gasteiger partial charge in [0.1, 0.15) is 0 Å². The molecule has 5 nitrogen and oxygen atoms in total. The Bertz CT molecular complexity index is 480. The summed E-state index contributed by atoms with van der Waals surface area (Å²) < 4.78 is 0. The molecular formula is C14H22N4OS2. The predicted octanol–water partition coefficient (Wildman–Crippen LogP) is 1.50. The number of para-hydroxylation sites is 1. The molecule has 1 aromatic carbocycles. The Morgan fingerprint density at radius 3 is 2.76 bits per heavy atom. The maximum absolute atomic E-state index is 10.9. The molecule has 7 heteroatoms. The number of hydrogen-bond acceptors (Lipinski definition) is 4. The van der Waals surface area contributed by atoms with E-state index in [-0.39, 0.29) is 11.7 Å². The third kappa shape index (κ3) is 7.89. The van der Waals surface area contributed by atoms with Gasteiger partial charge in [-0.2, -0.15) is 0 Å². The average molecular weight is 326 g/mol. The average Bonchev–Trinajstić information content (AvgIpc) is 2.42. The Morgan fingerprint density at radius 1 is 1.38 bits per heavy atom. The minimum atomic E-state index is -0.334. The zero-order chi connectivity index (χ0) is 15.7. The summed E-state index contributed by atoms with van der Waals surface area (Å²) in [6.45, 7) is 1.83. The topological polar surface area (TPSA) is 70.4 Å². The number of primary amides is 1. The molecule has 0 saturated carbocycles. The Morgan fingerprint density at radius 2 is 2.10 bits per heavy atom. The molecule has 0 radical (unpaired) electrons. The summed E-state index contributed by atoms with van der Waals surface area (Å²) in [5, 5.41) is 6.91. The molecule has 116 valence electrons. The van der Waals surface area contributed by atoms with Crippen molar-refractivity contribution >= 4 is 40.7 Å². The van der Waals surface area contributed by atoms with Crippen LogP contribution < -0.4 is 16.4 Å². The van der Waals surface area contributed by atoms with Crippen LogP contribution in [0.5, 0.6) is 0 Å². The van der Waals surface area contributed by atoms with Gasteiger partial charge in [0.15, 0.2) is 5.11 Å². The van der Waals surface area contributed by atoms with Crippen molar-refractivity contribution in [2.24, 2.45) is 5.73 Å². The fourth-order valence-electron chi connectivity index (χ4n) is 1.61. The third-order valence-electron chi connectivity index (χ3n) is 2.57. The van der Waals surface area contributed by atoms with Crippen molar-refractivity contribution in [3.05, 3.63) is 24.3 Å². The number of hydrogen-bond donors (Lipinski definition) is 3. The number of rotatable bonds is 8. The Balaban J connectivity index is 2.46. The van der Waals surface area contributed by atoms with Gasteiger partial charge in [-0.1, -0.05) is 12.1 Å². The zero-order valence-corrected chi connectivity index (χ0v) is 14.0. The Kier molecular flexibility index (Phi) is 8.11. The molecule has 1 amide bonds. The van der Waals surface area contributed by atoms with Crippen LogP contribution >= 0.6 is 24.0 Å². The van der Waals surface area contributed by atoms with E-state index in [0.29, 0.717) is 5.11 Å². The van der Waals surface area contributed by atoms with Crippen molar-refractivity contribution in [1.29, 1.82) is 0 Å². The number of nitrogens with one attached hydrogen (secondary N) is 2. The standard InChI is InChI=1S/C14H22N4OS2/c1-18(2)9-5-8-16-14(20)17-11-6-3-4-7-12(11)21-10-13(15)19/h3-4,6-7H,5,8-10H2,1-2H3,(H2,15,19)(H2,16,17,20). The molecule has 4 N–H and O–H groups in total. The zero-order valence-electron chi connectivity index (χ0n) is 12.4. The van der Waals surface area contributed by atoms with E-state index in [1.807, 2.05) is 38.4 Å². The van der Waals surface area contributed by atoms with E-state index in [2.05, 4.69) is 15.5 Å². The van der Waals surface area contributed by atoms with E-state index in [1.165, 1.54) is 11.8 Å². The number of amides is 1. The van der Waals surface area contributed by atoms with Crippen LogP contribution in [0.1, 0.15) is 6.42 Å². The molecule has 0 saturated heterocycles. The highest BCUT2D eigenvalue weighted by Crippen LogP contribution is 2.26. The number of anilines is 1. The number of benzene rings is 1. The van der Waals surface area contributed by atoms with Gasteiger partial charge in [0, 0.05) is 11.4 Å². The minimum Gasteiger partial charge on any atom is -0.369 e. The van der Waals surface area contributed by atoms with Crippen molar-refractivity contribution in [2.45, 2.75) is 11.3 Å². The highest BCUT2D eigenvalue weighted by Gasteiger charge is 2.05. The van der Waals surface area contributed by atoms with Gasteiger partial charge in [0.2, 0.25) is 5.91 Å². The number of thioether (sulfide) groups is 1. The molecule has 0 aromatic heterocycles. The lowest BCUT2D eigenvalue weighted by Gasteiger charge is -2.14. The molecule has 0 spiro atoms. The van der Waals surface area contributed by atoms with Gasteiger partial charge < -0.3 is 21.3 Å². The van der Waals surface area contributed by atoms with E-state index in [1.54, 1.807) is 0 Å². The second-order valence-corrected chi connectivity index (χ2v) is 6.21. The highest BCUT2D eigenvalue weighted by atomic mass is 32.2. The van der Waals surface area contributed by atoms with Gasteiger partial charge in [0.05, 0.1) is 11.4 Å². The van der Waals surface area contributed by atoms with Crippen LogP contribution in [0.4, 0.5) is 5.69 Å². The number of nitrogens with zero attached hydrogens (tertiary/aromatic N) is 1. The van der Waals surface area contributed by atoms with Crippen LogP contribution in [0.25, 0.3) is 0 Å². The van der Waals surface area contributed by atoms with Crippen LogP contribution in [0.2, 0.25) is 0 Å². The predicted molar refractivity (Wildman–Crippen MR) is 93.8 cm³/mol. The van der Waals surface area contributed by atoms with E-state index < -0.39 is 0 Å². The van der Waals surface area contributed by atoms with Gasteiger partial charge in [-0.25, -0.2) is 0 Å². The van der Waals surface area contributed by atoms with E-state index in [0.717, 1.165) is 30.1 Å². The molecule has 0 heterocycles. The summed E-state index contributed by atoms with van der Waals surface area (Å²) in [4.78, 5) is 14.0. The molecule has 0 bridgehead atoms. The first-order valence-corrected chi connectivity index (χ1v) is 8.08. The van der Waals surface area contributed by atoms with Crippen molar-refractivity contribution in [3.63, 3.8) is 0 Å². The summed E-state index contributed by atoms with van der Waals surface area (Å²) in [6.07, 6.45) is 1.02. The number of carbonyl (C=O) groups excluding carboxylic acids is 1. The normalized spacial score (nSPS) is 10.4. The maximum atomic E-state index is 10.9. The molecule has 1 aromatic rings. The molecule has 0 fully saturated rings. The van der Waals surface area contributed by atoms with Gasteiger partial charge in [-0.3, -0.25) is 4.79 Å². The van der Waals surface area contributed by atoms with Crippen molar-refractivity contribution in [1.82, 2.24) is 10.2 Å². The third-order valence-corrected chi connectivity index (χ3v) is 3.92. The van der Waals surface area contributed by atoms with E-state index in [4.69, 9.17) is 18.0 Å². The fraction of sp³-hybridized carbons (Fsp3) is 0.429. The van der Waals surface area contributed by atoms with Gasteiger partial charge in [-0.05, 0) is 51.4 Å². The Hall–Kier alpha value is -1.31. The molecule has 0 atom stereocenters. The summed E-state index contributed by atoms with van der Waals surface area (Å²) in [6, 6.07) is 7.70. The smallest absolute Gasteiger partial charge is 0.227 e. The quantitative estimate of drug-likeness (QED) is 0.382. The lowest BCUT2D eigenvalue weighted by molar-refractivity contribution is -0.115. The lowest BCUT2D eigenvalue weighted by atomic mass is 10.3. The second kappa shape index (κ2) is 9.59. The van der Waals surface area contributed by atoms with Crippen molar-refractivity contribution in [2.75, 3.05) is 38.3 Å². The minimum absolute atomic E-state index is 0.252. The van der Waals surface area contributed by atoms with Crippen LogP contribution in [0.15, 0.2) is 29.2 Å². The Labute approximate surface area is 135 Å². The number of nitrogens with two attached hydrogens (primary N) is 1. The summed E-state index contributed by atoms with van der Waals surface area (Å²) in [5.74, 6) is -0.0824. The van der Waals surface area contributed by atoms with Crippen LogP contribution in [-0.2, 0) is 4.79 Å². The number of carbonyl (C=O) groups is 1. The monoisotopic (exact) mass is 326 g/mol. The van der Waals surface area contributed by atoms with E-state index >= 15 is 0 Å². The highest BCUT2D eigenvalue weighted by molar-refractivity contribution is 8.00. The van der Waals surface area contributed by atoms with Gasteiger partial charge >= 0.3 is 0 Å². The van der Waals surface area contributed by atoms with Crippen LogP contribution in [0.3, 0.4) is 0 Å². The maximum Gasteiger partial charge on any atom is 0.227 e. The molecular weight excluding hydrogens is 304 g/mol. The van der Waals surface area contributed by atoms with Gasteiger partial charge in [-0.15, -0.1) is 11.8 Å². The number of thiocarbonyl (C=S) groups is 1. The fourth-order valence-corrected chi connectivity index (χ4v) is 2.57. The van der Waals surface area contributed by atoms with Gasteiger partial charge in [0.25, 0.3) is 0 Å². The summed E-state index contributed by atoms with van der Waals surface area (Å²) >= 11 is 6.67. The molecule has 0 unspecified atom stereocenters. The molecule has 21 heavy (non-hydrogen) atoms. The van der Waals surface area contributed by atoms with Crippen molar-refractivity contribution in [3.8, 4) is 0 Å². The first-order valence-electron chi connectivity index (χ1n) is 6.68. The van der Waals surface area contributed by atoms with E-state index in [9.17, 15) is 4.79 Å². The molecule has 1 rings (SSSR count). The van der Waals surface area contributed by atoms with Crippen molar-refractivity contribution < 1.29 is 4.79 Å². The first-order chi connectivity index (χ1) is 9.99. The SMILES string of the molecule is CN(C)CCCNC(=S)Nc1ccccc1SCC(N)=O. The summed E-state index contributed by atoms with van der Waals surface area (Å²) in [7, 11) is 4.09. The van der Waals surface area contributed by atoms with Crippen LogP contribution in [0, 0.1) is 0 Å².